The molecule has 0 N–H and O–H groups in total. The topological polar surface area (TPSA) is 3.24 Å². The highest BCUT2D eigenvalue weighted by Gasteiger charge is 2.07. The Labute approximate surface area is 72.9 Å². The minimum atomic E-state index is 0.655. The lowest BCUT2D eigenvalue weighted by molar-refractivity contribution is 0.248. The number of nitrogens with zero attached hydrogens (tertiary/aromatic N) is 1. The molecule has 62 valence electrons. The third kappa shape index (κ3) is 4.29. The van der Waals surface area contributed by atoms with Gasteiger partial charge in [0.05, 0.1) is 0 Å². The van der Waals surface area contributed by atoms with E-state index in [4.69, 9.17) is 0 Å². The molecular formula is C8H18BrN. The van der Waals surface area contributed by atoms with Crippen molar-refractivity contribution in [1.82, 2.24) is 4.90 Å². The summed E-state index contributed by atoms with van der Waals surface area (Å²) >= 11 is 3.46. The van der Waals surface area contributed by atoms with Gasteiger partial charge in [0.25, 0.3) is 0 Å². The van der Waals surface area contributed by atoms with Gasteiger partial charge in [-0.05, 0) is 19.9 Å². The van der Waals surface area contributed by atoms with Crippen molar-refractivity contribution in [3.63, 3.8) is 0 Å². The average molecular weight is 208 g/mol. The lowest BCUT2D eigenvalue weighted by atomic mass is 10.2. The highest BCUT2D eigenvalue weighted by molar-refractivity contribution is 9.09. The van der Waals surface area contributed by atoms with E-state index in [1.807, 2.05) is 0 Å². The third-order valence-electron chi connectivity index (χ3n) is 1.63. The van der Waals surface area contributed by atoms with Crippen LogP contribution in [0.15, 0.2) is 0 Å². The van der Waals surface area contributed by atoms with Gasteiger partial charge in [0.1, 0.15) is 0 Å². The van der Waals surface area contributed by atoms with Gasteiger partial charge in [-0.2, -0.15) is 0 Å². The molecule has 0 heterocycles. The Morgan fingerprint density at radius 1 is 1.30 bits per heavy atom. The van der Waals surface area contributed by atoms with E-state index < -0.39 is 0 Å². The molecule has 0 aliphatic rings. The fourth-order valence-electron chi connectivity index (χ4n) is 0.874. The zero-order valence-electron chi connectivity index (χ0n) is 7.39. The number of alkyl halides is 1. The van der Waals surface area contributed by atoms with Crippen LogP contribution in [0, 0.1) is 5.92 Å². The van der Waals surface area contributed by atoms with Crippen molar-refractivity contribution in [1.29, 1.82) is 0 Å². The van der Waals surface area contributed by atoms with Crippen molar-refractivity contribution in [3.05, 3.63) is 0 Å². The Balaban J connectivity index is 3.50. The maximum Gasteiger partial charge on any atom is 0.0185 e. The van der Waals surface area contributed by atoms with E-state index in [2.05, 4.69) is 48.6 Å². The molecule has 0 aromatic heterocycles. The van der Waals surface area contributed by atoms with E-state index in [0.717, 1.165) is 11.2 Å². The standard InChI is InChI=1S/C8H18BrN/c1-7(2)6-10(4)8(3)5-9/h7-8H,5-6H2,1-4H3. The monoisotopic (exact) mass is 207 g/mol. The second-order valence-electron chi connectivity index (χ2n) is 3.34. The molecule has 1 atom stereocenters. The summed E-state index contributed by atoms with van der Waals surface area (Å²) in [5.41, 5.74) is 0. The Hall–Kier alpha value is 0.440. The molecule has 0 aromatic carbocycles. The predicted molar refractivity (Wildman–Crippen MR) is 50.7 cm³/mol. The highest BCUT2D eigenvalue weighted by atomic mass is 79.9. The average Bonchev–Trinajstić information content (AvgIpc) is 1.85. The molecule has 0 saturated carbocycles. The Kier molecular flexibility index (Phi) is 5.36. The highest BCUT2D eigenvalue weighted by Crippen LogP contribution is 2.03. The number of halogens is 1. The van der Waals surface area contributed by atoms with E-state index >= 15 is 0 Å². The van der Waals surface area contributed by atoms with Crippen LogP contribution < -0.4 is 0 Å². The van der Waals surface area contributed by atoms with Crippen LogP contribution in [0.5, 0.6) is 0 Å². The summed E-state index contributed by atoms with van der Waals surface area (Å²) in [5, 5.41) is 1.07. The molecule has 10 heavy (non-hydrogen) atoms. The maximum atomic E-state index is 3.46. The van der Waals surface area contributed by atoms with Crippen molar-refractivity contribution < 1.29 is 0 Å². The van der Waals surface area contributed by atoms with E-state index in [1.54, 1.807) is 0 Å². The molecule has 0 bridgehead atoms. The molecule has 0 fully saturated rings. The zero-order valence-corrected chi connectivity index (χ0v) is 8.98. The first kappa shape index (κ1) is 10.4. The fourth-order valence-corrected chi connectivity index (χ4v) is 1.37. The largest absolute Gasteiger partial charge is 0.303 e. The molecule has 0 radical (unpaired) electrons. The summed E-state index contributed by atoms with van der Waals surface area (Å²) in [5.74, 6) is 0.770. The van der Waals surface area contributed by atoms with Crippen molar-refractivity contribution in [2.24, 2.45) is 5.92 Å². The van der Waals surface area contributed by atoms with Crippen LogP contribution in [0.2, 0.25) is 0 Å². The van der Waals surface area contributed by atoms with Crippen LogP contribution in [-0.4, -0.2) is 29.9 Å². The van der Waals surface area contributed by atoms with Crippen LogP contribution >= 0.6 is 15.9 Å². The van der Waals surface area contributed by atoms with Crippen molar-refractivity contribution >= 4 is 15.9 Å². The van der Waals surface area contributed by atoms with Crippen molar-refractivity contribution in [3.8, 4) is 0 Å². The molecule has 0 aliphatic carbocycles. The van der Waals surface area contributed by atoms with Gasteiger partial charge >= 0.3 is 0 Å². The molecule has 0 amide bonds. The smallest absolute Gasteiger partial charge is 0.0185 e. The SMILES string of the molecule is CC(C)CN(C)C(C)CBr. The fraction of sp³-hybridized carbons (Fsp3) is 1.00. The summed E-state index contributed by atoms with van der Waals surface area (Å²) in [4.78, 5) is 2.37. The predicted octanol–water partition coefficient (Wildman–Crippen LogP) is 2.36. The molecule has 0 rings (SSSR count). The van der Waals surface area contributed by atoms with Gasteiger partial charge in [-0.1, -0.05) is 29.8 Å². The Morgan fingerprint density at radius 3 is 2.10 bits per heavy atom. The summed E-state index contributed by atoms with van der Waals surface area (Å²) in [6.07, 6.45) is 0. The van der Waals surface area contributed by atoms with Gasteiger partial charge in [0.15, 0.2) is 0 Å². The van der Waals surface area contributed by atoms with Crippen molar-refractivity contribution in [2.75, 3.05) is 18.9 Å². The first-order chi connectivity index (χ1) is 4.57. The lowest BCUT2D eigenvalue weighted by Gasteiger charge is -2.24. The van der Waals surface area contributed by atoms with Crippen molar-refractivity contribution in [2.45, 2.75) is 26.8 Å². The van der Waals surface area contributed by atoms with Gasteiger partial charge in [0, 0.05) is 17.9 Å². The maximum absolute atomic E-state index is 3.46. The Bertz CT molecular complexity index is 83.3. The quantitative estimate of drug-likeness (QED) is 0.641. The molecule has 1 nitrogen and oxygen atoms in total. The molecule has 0 spiro atoms. The van der Waals surface area contributed by atoms with Gasteiger partial charge in [-0.3, -0.25) is 0 Å². The summed E-state index contributed by atoms with van der Waals surface area (Å²) in [6.45, 7) is 7.92. The normalized spacial score (nSPS) is 14.7. The minimum absolute atomic E-state index is 0.655. The van der Waals surface area contributed by atoms with Gasteiger partial charge < -0.3 is 4.90 Å². The first-order valence-corrected chi connectivity index (χ1v) is 4.96. The van der Waals surface area contributed by atoms with Gasteiger partial charge in [0.2, 0.25) is 0 Å². The van der Waals surface area contributed by atoms with Gasteiger partial charge in [-0.15, -0.1) is 0 Å². The van der Waals surface area contributed by atoms with E-state index in [-0.39, 0.29) is 0 Å². The van der Waals surface area contributed by atoms with Crippen LogP contribution in [0.25, 0.3) is 0 Å². The summed E-state index contributed by atoms with van der Waals surface area (Å²) in [6, 6.07) is 0.655. The molecule has 0 aromatic rings. The second-order valence-corrected chi connectivity index (χ2v) is 3.98. The zero-order chi connectivity index (χ0) is 8.15. The van der Waals surface area contributed by atoms with Crippen LogP contribution in [0.1, 0.15) is 20.8 Å². The summed E-state index contributed by atoms with van der Waals surface area (Å²) < 4.78 is 0. The van der Waals surface area contributed by atoms with Crippen LogP contribution in [0.4, 0.5) is 0 Å². The second kappa shape index (κ2) is 5.14. The van der Waals surface area contributed by atoms with Crippen LogP contribution in [0.3, 0.4) is 0 Å². The molecule has 0 aliphatic heterocycles. The lowest BCUT2D eigenvalue weighted by Crippen LogP contribution is -2.33. The summed E-state index contributed by atoms with van der Waals surface area (Å²) in [7, 11) is 2.17. The minimum Gasteiger partial charge on any atom is -0.303 e. The number of rotatable bonds is 4. The molecule has 0 saturated heterocycles. The molecule has 1 unspecified atom stereocenters. The van der Waals surface area contributed by atoms with Crippen LogP contribution in [-0.2, 0) is 0 Å². The van der Waals surface area contributed by atoms with E-state index in [9.17, 15) is 0 Å². The molecular weight excluding hydrogens is 190 g/mol. The number of hydrogen-bond donors (Lipinski definition) is 0. The Morgan fingerprint density at radius 2 is 1.80 bits per heavy atom. The van der Waals surface area contributed by atoms with E-state index in [0.29, 0.717) is 6.04 Å². The first-order valence-electron chi connectivity index (χ1n) is 3.84. The van der Waals surface area contributed by atoms with Gasteiger partial charge in [-0.25, -0.2) is 0 Å². The molecule has 2 heteroatoms. The number of hydrogen-bond acceptors (Lipinski definition) is 1. The third-order valence-corrected chi connectivity index (χ3v) is 2.57. The van der Waals surface area contributed by atoms with E-state index in [1.165, 1.54) is 6.54 Å².